The summed E-state index contributed by atoms with van der Waals surface area (Å²) in [5.41, 5.74) is 30.6. The third-order valence-corrected chi connectivity index (χ3v) is 17.2. The van der Waals surface area contributed by atoms with E-state index < -0.39 is 125 Å². The second-order valence-electron chi connectivity index (χ2n) is 20.9. The van der Waals surface area contributed by atoms with E-state index in [2.05, 4.69) is 47.5 Å². The van der Waals surface area contributed by atoms with Crippen LogP contribution in [0.25, 0.3) is 10.8 Å². The van der Waals surface area contributed by atoms with Crippen LogP contribution in [0.1, 0.15) is 75.5 Å². The summed E-state index contributed by atoms with van der Waals surface area (Å²) in [7, 11) is 2.02. The first-order valence-electron chi connectivity index (χ1n) is 27.4. The Kier molecular flexibility index (Phi) is 26.1. The second kappa shape index (κ2) is 32.8. The van der Waals surface area contributed by atoms with Gasteiger partial charge in [0, 0.05) is 29.4 Å². The highest BCUT2D eigenvalue weighted by molar-refractivity contribution is 8.77. The zero-order chi connectivity index (χ0) is 61.5. The lowest BCUT2D eigenvalue weighted by Crippen LogP contribution is -2.62. The SMILES string of the molecule is C[C@@H](c1ccc2ccccc2c1)[C@@H]1NC(=O)[C@H](NC(=O)[C@@H](N)Cc2ccc(O)cc2)C(C)(C)SSC[C@H](C(=O)N[C@@H](CCCCN)C(=O)N[C@@H](CCCN=C(N)N)C(N)=O)NC(=O)[C@@H](Cc2ccccc2)NC(=O)[C@H](CO)NC(=O)CNC1=O. The zero-order valence-corrected chi connectivity index (χ0v) is 48.8. The average molecular weight is 1200 g/mol. The number of phenols is 1. The van der Waals surface area contributed by atoms with Gasteiger partial charge in [0.15, 0.2) is 5.96 Å². The molecular formula is C57H78N14O11S2. The molecule has 1 saturated heterocycles. The smallest absolute Gasteiger partial charge is 0.245 e. The summed E-state index contributed by atoms with van der Waals surface area (Å²) in [6.45, 7) is 3.62. The predicted molar refractivity (Wildman–Crippen MR) is 322 cm³/mol. The van der Waals surface area contributed by atoms with Crippen molar-refractivity contribution < 1.29 is 53.4 Å². The molecule has 454 valence electrons. The number of hydrogen-bond acceptors (Lipinski definition) is 16. The van der Waals surface area contributed by atoms with Crippen molar-refractivity contribution >= 4 is 91.5 Å². The molecular weight excluding hydrogens is 1120 g/mol. The van der Waals surface area contributed by atoms with E-state index in [9.17, 15) is 48.6 Å². The van der Waals surface area contributed by atoms with Gasteiger partial charge in [0.2, 0.25) is 53.2 Å². The lowest BCUT2D eigenvalue weighted by molar-refractivity contribution is -0.135. The second-order valence-corrected chi connectivity index (χ2v) is 23.9. The molecule has 27 heteroatoms. The van der Waals surface area contributed by atoms with Crippen LogP contribution in [-0.2, 0) is 56.0 Å². The Morgan fingerprint density at radius 1 is 0.738 bits per heavy atom. The van der Waals surface area contributed by atoms with Crippen LogP contribution < -0.4 is 71.2 Å². The number of nitrogens with two attached hydrogens (primary N) is 5. The van der Waals surface area contributed by atoms with Crippen molar-refractivity contribution in [2.45, 2.75) is 125 Å². The third kappa shape index (κ3) is 20.7. The summed E-state index contributed by atoms with van der Waals surface area (Å²) in [6.07, 6.45) is 0.919. The molecule has 84 heavy (non-hydrogen) atoms. The summed E-state index contributed by atoms with van der Waals surface area (Å²) in [5, 5.41) is 43.3. The number of nitrogens with zero attached hydrogens (tertiary/aromatic N) is 1. The molecule has 0 saturated carbocycles. The largest absolute Gasteiger partial charge is 0.508 e. The minimum atomic E-state index is -1.67. The maximum Gasteiger partial charge on any atom is 0.245 e. The van der Waals surface area contributed by atoms with Gasteiger partial charge >= 0.3 is 0 Å². The number of aromatic hydroxyl groups is 1. The Labute approximate surface area is 495 Å². The quantitative estimate of drug-likeness (QED) is 0.0190. The van der Waals surface area contributed by atoms with Gasteiger partial charge in [-0.1, -0.05) is 113 Å². The molecule has 1 aliphatic rings. The number of aliphatic hydroxyl groups excluding tert-OH is 1. The number of carbonyl (C=O) groups excluding carboxylic acids is 9. The molecule has 20 N–H and O–H groups in total. The number of rotatable bonds is 22. The van der Waals surface area contributed by atoms with Crippen molar-refractivity contribution in [2.75, 3.05) is 32.0 Å². The molecule has 0 bridgehead atoms. The predicted octanol–water partition coefficient (Wildman–Crippen LogP) is -1.19. The summed E-state index contributed by atoms with van der Waals surface area (Å²) >= 11 is 0. The van der Waals surface area contributed by atoms with Crippen LogP contribution in [0.5, 0.6) is 5.75 Å². The van der Waals surface area contributed by atoms with Crippen molar-refractivity contribution in [1.82, 2.24) is 42.5 Å². The van der Waals surface area contributed by atoms with E-state index >= 15 is 4.79 Å². The van der Waals surface area contributed by atoms with Gasteiger partial charge in [-0.15, -0.1) is 0 Å². The number of fused-ring (bicyclic) bond motifs is 1. The monoisotopic (exact) mass is 1200 g/mol. The van der Waals surface area contributed by atoms with Crippen LogP contribution in [0.3, 0.4) is 0 Å². The van der Waals surface area contributed by atoms with Crippen molar-refractivity contribution in [2.24, 2.45) is 33.7 Å². The van der Waals surface area contributed by atoms with Gasteiger partial charge in [-0.3, -0.25) is 48.1 Å². The fourth-order valence-corrected chi connectivity index (χ4v) is 11.8. The molecule has 1 fully saturated rings. The van der Waals surface area contributed by atoms with Crippen LogP contribution in [-0.4, -0.2) is 154 Å². The van der Waals surface area contributed by atoms with E-state index in [1.165, 1.54) is 12.1 Å². The number of hydrogen-bond donors (Lipinski definition) is 15. The first-order chi connectivity index (χ1) is 40.0. The van der Waals surface area contributed by atoms with Crippen LogP contribution in [0.4, 0.5) is 0 Å². The molecule has 25 nitrogen and oxygen atoms in total. The van der Waals surface area contributed by atoms with E-state index in [-0.39, 0.29) is 62.7 Å². The average Bonchev–Trinajstić information content (AvgIpc) is 3.58. The lowest BCUT2D eigenvalue weighted by atomic mass is 9.90. The van der Waals surface area contributed by atoms with E-state index in [1.807, 2.05) is 36.4 Å². The highest BCUT2D eigenvalue weighted by Crippen LogP contribution is 2.39. The molecule has 4 aromatic rings. The van der Waals surface area contributed by atoms with E-state index in [1.54, 1.807) is 69.3 Å². The fourth-order valence-electron chi connectivity index (χ4n) is 9.02. The van der Waals surface area contributed by atoms with Gasteiger partial charge in [-0.05, 0) is 98.5 Å². The normalized spacial score (nSPS) is 20.6. The molecule has 1 heterocycles. The standard InChI is InChI=1S/C57H78N14O11S2/c1-32(36-21-20-35-14-7-8-15-37(35)28-36)46-54(81)64-29-45(74)65-43(30-72)52(79)68-42(27-33-12-5-4-6-13-33)51(78)69-44(53(80)67-41(16-9-10-24-58)50(77)66-40(48(60)75)17-11-25-63-56(61)62)31-83-84-57(2,3)47(55(82)70-46)71-49(76)39(59)26-34-18-22-38(73)23-19-34/h4-8,12-15,18-23,28,32,39-44,46-47,72-73H,9-11,16-17,24-27,29-31,58-59H2,1-3H3,(H2,60,75)(H,64,81)(H,65,74)(H,66,77)(H,67,80)(H,68,79)(H,69,78)(H,70,82)(H,71,76)(H4,61,62,63)/t32-,39-,40-,41-,42+,43-,44+,46-,47-/m0/s1. The summed E-state index contributed by atoms with van der Waals surface area (Å²) in [6, 6.07) is 16.2. The maximum atomic E-state index is 15.1. The molecule has 0 aliphatic carbocycles. The lowest BCUT2D eigenvalue weighted by Gasteiger charge is -2.35. The van der Waals surface area contributed by atoms with Crippen molar-refractivity contribution in [1.29, 1.82) is 0 Å². The summed E-state index contributed by atoms with van der Waals surface area (Å²) in [5.74, 6) is -9.11. The number of aliphatic imine (C=N–C) groups is 1. The number of carbonyl (C=O) groups is 9. The van der Waals surface area contributed by atoms with Gasteiger partial charge in [-0.2, -0.15) is 0 Å². The number of guanidine groups is 1. The Hall–Kier alpha value is -7.98. The molecule has 0 unspecified atom stereocenters. The van der Waals surface area contributed by atoms with E-state index in [0.717, 1.165) is 32.4 Å². The minimum Gasteiger partial charge on any atom is -0.508 e. The molecule has 0 radical (unpaired) electrons. The molecule has 9 amide bonds. The molecule has 0 spiro atoms. The first-order valence-corrected chi connectivity index (χ1v) is 29.7. The fraction of sp³-hybridized carbons (Fsp3) is 0.439. The Morgan fingerprint density at radius 2 is 1.40 bits per heavy atom. The van der Waals surface area contributed by atoms with Crippen LogP contribution in [0.2, 0.25) is 0 Å². The van der Waals surface area contributed by atoms with Crippen molar-refractivity contribution in [3.8, 4) is 5.75 Å². The number of nitrogens with one attached hydrogen (secondary N) is 8. The molecule has 1 aliphatic heterocycles. The number of unbranched alkanes of at least 4 members (excludes halogenated alkanes) is 1. The zero-order valence-electron chi connectivity index (χ0n) is 47.1. The Morgan fingerprint density at radius 3 is 2.07 bits per heavy atom. The van der Waals surface area contributed by atoms with Gasteiger partial charge in [0.25, 0.3) is 0 Å². The number of aliphatic hydroxyl groups is 1. The van der Waals surface area contributed by atoms with Crippen molar-refractivity contribution in [3.05, 3.63) is 114 Å². The highest BCUT2D eigenvalue weighted by Gasteiger charge is 2.42. The highest BCUT2D eigenvalue weighted by atomic mass is 33.1. The van der Waals surface area contributed by atoms with Crippen molar-refractivity contribution in [3.63, 3.8) is 0 Å². The molecule has 5 rings (SSSR count). The Balaban J connectivity index is 1.57. The van der Waals surface area contributed by atoms with E-state index in [4.69, 9.17) is 28.7 Å². The third-order valence-electron chi connectivity index (χ3n) is 13.9. The first kappa shape index (κ1) is 66.8. The van der Waals surface area contributed by atoms with E-state index in [0.29, 0.717) is 29.5 Å². The van der Waals surface area contributed by atoms with Gasteiger partial charge < -0.3 is 81.4 Å². The Bertz CT molecular complexity index is 2950. The number of phenolic OH excluding ortho intramolecular Hbond substituents is 1. The minimum absolute atomic E-state index is 0.00723. The van der Waals surface area contributed by atoms with Gasteiger partial charge in [-0.25, -0.2) is 0 Å². The number of amides is 9. The summed E-state index contributed by atoms with van der Waals surface area (Å²) in [4.78, 5) is 131. The maximum absolute atomic E-state index is 15.1. The molecule has 9 atom stereocenters. The molecule has 4 aromatic carbocycles. The van der Waals surface area contributed by atoms with Gasteiger partial charge in [0.05, 0.1) is 19.2 Å². The van der Waals surface area contributed by atoms with Crippen LogP contribution in [0.15, 0.2) is 102 Å². The topological polar surface area (TPSA) is 433 Å². The number of primary amides is 1. The van der Waals surface area contributed by atoms with Crippen LogP contribution >= 0.6 is 21.6 Å². The number of benzene rings is 4. The van der Waals surface area contributed by atoms with Crippen LogP contribution in [0, 0.1) is 0 Å². The van der Waals surface area contributed by atoms with Gasteiger partial charge in [0.1, 0.15) is 48.0 Å². The molecule has 0 aromatic heterocycles. The summed E-state index contributed by atoms with van der Waals surface area (Å²) < 4.78 is -1.37.